The van der Waals surface area contributed by atoms with Gasteiger partial charge in [0.15, 0.2) is 0 Å². The first-order chi connectivity index (χ1) is 10.6. The van der Waals surface area contributed by atoms with Gasteiger partial charge in [0.1, 0.15) is 11.5 Å². The molecule has 0 saturated carbocycles. The number of carbonyl (C=O) groups excluding carboxylic acids is 1. The molecule has 0 bridgehead atoms. The zero-order valence-electron chi connectivity index (χ0n) is 12.3. The summed E-state index contributed by atoms with van der Waals surface area (Å²) in [4.78, 5) is 41.0. The first kappa shape index (κ1) is 14.4. The largest absolute Gasteiger partial charge is 0.337 e. The summed E-state index contributed by atoms with van der Waals surface area (Å²) in [5.74, 6) is 0.566. The molecule has 0 radical (unpaired) electrons. The van der Waals surface area contributed by atoms with Crippen LogP contribution in [-0.4, -0.2) is 43.8 Å². The molecule has 1 N–H and O–H groups in total. The SMILES string of the molecule is Cc1cc(=O)[nH]c(C2CCCN(C(=O)c3cnccn3)C2)n1. The normalized spacial score (nSPS) is 18.2. The lowest BCUT2D eigenvalue weighted by Crippen LogP contribution is -2.40. The van der Waals surface area contributed by atoms with Crippen molar-refractivity contribution in [1.82, 2.24) is 24.8 Å². The van der Waals surface area contributed by atoms with Crippen molar-refractivity contribution in [1.29, 1.82) is 0 Å². The van der Waals surface area contributed by atoms with Gasteiger partial charge in [-0.3, -0.25) is 14.6 Å². The molecule has 1 fully saturated rings. The van der Waals surface area contributed by atoms with Gasteiger partial charge in [-0.15, -0.1) is 0 Å². The predicted molar refractivity (Wildman–Crippen MR) is 79.5 cm³/mol. The number of piperidine rings is 1. The Bertz CT molecular complexity index is 728. The highest BCUT2D eigenvalue weighted by Gasteiger charge is 2.27. The third-order valence-electron chi connectivity index (χ3n) is 3.77. The molecule has 2 aromatic heterocycles. The van der Waals surface area contributed by atoms with Crippen molar-refractivity contribution in [2.75, 3.05) is 13.1 Å². The van der Waals surface area contributed by atoms with Crippen LogP contribution in [0.2, 0.25) is 0 Å². The molecule has 2 aromatic rings. The van der Waals surface area contributed by atoms with E-state index in [1.165, 1.54) is 24.7 Å². The zero-order valence-corrected chi connectivity index (χ0v) is 12.3. The average molecular weight is 299 g/mol. The van der Waals surface area contributed by atoms with Gasteiger partial charge in [0.2, 0.25) is 0 Å². The molecule has 114 valence electrons. The van der Waals surface area contributed by atoms with Crippen LogP contribution in [0.4, 0.5) is 0 Å². The van der Waals surface area contributed by atoms with Gasteiger partial charge in [-0.05, 0) is 19.8 Å². The second-order valence-electron chi connectivity index (χ2n) is 5.45. The number of H-pyrrole nitrogens is 1. The summed E-state index contributed by atoms with van der Waals surface area (Å²) < 4.78 is 0. The molecular weight excluding hydrogens is 282 g/mol. The van der Waals surface area contributed by atoms with E-state index in [0.717, 1.165) is 12.8 Å². The van der Waals surface area contributed by atoms with E-state index < -0.39 is 0 Å². The average Bonchev–Trinajstić information content (AvgIpc) is 2.54. The van der Waals surface area contributed by atoms with Gasteiger partial charge in [0, 0.05) is 43.2 Å². The Hall–Kier alpha value is -2.57. The number of hydrogen-bond acceptors (Lipinski definition) is 5. The summed E-state index contributed by atoms with van der Waals surface area (Å²) in [6.07, 6.45) is 6.29. The summed E-state index contributed by atoms with van der Waals surface area (Å²) in [5.41, 5.74) is 0.879. The Balaban J connectivity index is 1.79. The fourth-order valence-electron chi connectivity index (χ4n) is 2.75. The molecule has 0 spiro atoms. The van der Waals surface area contributed by atoms with Crippen LogP contribution < -0.4 is 5.56 Å². The van der Waals surface area contributed by atoms with Crippen LogP contribution >= 0.6 is 0 Å². The Morgan fingerprint density at radius 2 is 2.27 bits per heavy atom. The van der Waals surface area contributed by atoms with E-state index >= 15 is 0 Å². The van der Waals surface area contributed by atoms with Crippen molar-refractivity contribution in [2.45, 2.75) is 25.7 Å². The number of aromatic nitrogens is 4. The summed E-state index contributed by atoms with van der Waals surface area (Å²) >= 11 is 0. The Kier molecular flexibility index (Phi) is 3.95. The van der Waals surface area contributed by atoms with Crippen LogP contribution in [0.5, 0.6) is 0 Å². The molecule has 1 amide bonds. The first-order valence-corrected chi connectivity index (χ1v) is 7.26. The van der Waals surface area contributed by atoms with E-state index in [1.807, 2.05) is 0 Å². The number of likely N-dealkylation sites (tertiary alicyclic amines) is 1. The maximum absolute atomic E-state index is 12.4. The fraction of sp³-hybridized carbons (Fsp3) is 0.400. The van der Waals surface area contributed by atoms with Crippen molar-refractivity contribution in [2.24, 2.45) is 0 Å². The summed E-state index contributed by atoms with van der Waals surface area (Å²) in [6, 6.07) is 1.47. The van der Waals surface area contributed by atoms with E-state index in [1.54, 1.807) is 11.8 Å². The van der Waals surface area contributed by atoms with Crippen molar-refractivity contribution >= 4 is 5.91 Å². The van der Waals surface area contributed by atoms with Crippen LogP contribution in [0.25, 0.3) is 0 Å². The second-order valence-corrected chi connectivity index (χ2v) is 5.45. The first-order valence-electron chi connectivity index (χ1n) is 7.26. The number of aromatic amines is 1. The molecule has 22 heavy (non-hydrogen) atoms. The monoisotopic (exact) mass is 299 g/mol. The van der Waals surface area contributed by atoms with Crippen molar-refractivity contribution in [3.63, 3.8) is 0 Å². The minimum atomic E-state index is -0.153. The predicted octanol–water partition coefficient (Wildman–Crippen LogP) is 0.888. The molecule has 1 saturated heterocycles. The van der Waals surface area contributed by atoms with E-state index in [2.05, 4.69) is 19.9 Å². The second kappa shape index (κ2) is 6.05. The Morgan fingerprint density at radius 3 is 3.00 bits per heavy atom. The van der Waals surface area contributed by atoms with Crippen LogP contribution in [0.1, 0.15) is 40.8 Å². The molecular formula is C15H17N5O2. The highest BCUT2D eigenvalue weighted by molar-refractivity contribution is 5.92. The Labute approximate surface area is 127 Å². The molecule has 1 aliphatic rings. The van der Waals surface area contributed by atoms with Gasteiger partial charge < -0.3 is 9.88 Å². The number of rotatable bonds is 2. The fourth-order valence-corrected chi connectivity index (χ4v) is 2.75. The third-order valence-corrected chi connectivity index (χ3v) is 3.77. The zero-order chi connectivity index (χ0) is 15.5. The molecule has 3 rings (SSSR count). The quantitative estimate of drug-likeness (QED) is 0.889. The minimum absolute atomic E-state index is 0.0435. The van der Waals surface area contributed by atoms with E-state index in [9.17, 15) is 9.59 Å². The minimum Gasteiger partial charge on any atom is -0.337 e. The van der Waals surface area contributed by atoms with Crippen LogP contribution in [0.15, 0.2) is 29.5 Å². The van der Waals surface area contributed by atoms with E-state index in [-0.39, 0.29) is 17.4 Å². The maximum Gasteiger partial charge on any atom is 0.274 e. The van der Waals surface area contributed by atoms with Crippen LogP contribution in [-0.2, 0) is 0 Å². The van der Waals surface area contributed by atoms with Gasteiger partial charge in [0.25, 0.3) is 11.5 Å². The number of nitrogens with zero attached hydrogens (tertiary/aromatic N) is 4. The van der Waals surface area contributed by atoms with Crippen LogP contribution in [0.3, 0.4) is 0 Å². The third kappa shape index (κ3) is 3.03. The van der Waals surface area contributed by atoms with Gasteiger partial charge in [-0.25, -0.2) is 9.97 Å². The summed E-state index contributed by atoms with van der Waals surface area (Å²) in [7, 11) is 0. The Morgan fingerprint density at radius 1 is 1.41 bits per heavy atom. The molecule has 1 aliphatic heterocycles. The molecule has 0 aliphatic carbocycles. The van der Waals surface area contributed by atoms with Gasteiger partial charge >= 0.3 is 0 Å². The van der Waals surface area contributed by atoms with Crippen molar-refractivity contribution < 1.29 is 4.79 Å². The standard InChI is InChI=1S/C15H17N5O2/c1-10-7-13(21)19-14(18-10)11-3-2-6-20(9-11)15(22)12-8-16-4-5-17-12/h4-5,7-8,11H,2-3,6,9H2,1H3,(H,18,19,21). The van der Waals surface area contributed by atoms with Gasteiger partial charge in [0.05, 0.1) is 6.20 Å². The number of aryl methyl sites for hydroxylation is 1. The number of nitrogens with one attached hydrogen (secondary N) is 1. The lowest BCUT2D eigenvalue weighted by Gasteiger charge is -2.32. The van der Waals surface area contributed by atoms with Gasteiger partial charge in [-0.2, -0.15) is 0 Å². The molecule has 3 heterocycles. The van der Waals surface area contributed by atoms with E-state index in [4.69, 9.17) is 0 Å². The number of carbonyl (C=O) groups is 1. The highest BCUT2D eigenvalue weighted by atomic mass is 16.2. The molecule has 1 atom stereocenters. The summed E-state index contributed by atoms with van der Waals surface area (Å²) in [5, 5.41) is 0. The lowest BCUT2D eigenvalue weighted by atomic mass is 9.97. The number of amides is 1. The maximum atomic E-state index is 12.4. The molecule has 7 heteroatoms. The van der Waals surface area contributed by atoms with Crippen LogP contribution in [0, 0.1) is 6.92 Å². The van der Waals surface area contributed by atoms with Crippen molar-refractivity contribution in [3.8, 4) is 0 Å². The van der Waals surface area contributed by atoms with Crippen molar-refractivity contribution in [3.05, 3.63) is 52.2 Å². The topological polar surface area (TPSA) is 91.8 Å². The number of hydrogen-bond donors (Lipinski definition) is 1. The van der Waals surface area contributed by atoms with Gasteiger partial charge in [-0.1, -0.05) is 0 Å². The molecule has 0 aromatic carbocycles. The summed E-state index contributed by atoms with van der Waals surface area (Å²) in [6.45, 7) is 3.01. The van der Waals surface area contributed by atoms with E-state index in [0.29, 0.717) is 30.3 Å². The lowest BCUT2D eigenvalue weighted by molar-refractivity contribution is 0.0698. The smallest absolute Gasteiger partial charge is 0.274 e. The molecule has 7 nitrogen and oxygen atoms in total. The highest BCUT2D eigenvalue weighted by Crippen LogP contribution is 2.24. The molecule has 1 unspecified atom stereocenters.